The summed E-state index contributed by atoms with van der Waals surface area (Å²) < 4.78 is 1.94. The van der Waals surface area contributed by atoms with Crippen LogP contribution < -0.4 is 21.1 Å². The van der Waals surface area contributed by atoms with Crippen molar-refractivity contribution in [3.8, 4) is 0 Å². The Hall–Kier alpha value is -3.75. The zero-order chi connectivity index (χ0) is 27.9. The number of nitrogens with zero attached hydrogens (tertiary/aromatic N) is 5. The van der Waals surface area contributed by atoms with Gasteiger partial charge in [-0.3, -0.25) is 9.36 Å². The number of pyridine rings is 2. The van der Waals surface area contributed by atoms with Crippen LogP contribution in [0.2, 0.25) is 0 Å². The van der Waals surface area contributed by atoms with E-state index in [1.807, 2.05) is 23.8 Å². The Morgan fingerprint density at radius 1 is 1.05 bits per heavy atom. The zero-order valence-corrected chi connectivity index (χ0v) is 25.1. The highest BCUT2D eigenvalue weighted by molar-refractivity contribution is 5.86. The van der Waals surface area contributed by atoms with Crippen molar-refractivity contribution in [2.75, 3.05) is 36.4 Å². The molecule has 3 aliphatic rings. The van der Waals surface area contributed by atoms with Crippen LogP contribution in [-0.4, -0.2) is 45.7 Å². The first kappa shape index (κ1) is 28.4. The molecule has 1 atom stereocenters. The Labute approximate surface area is 252 Å². The number of nitrogens with one attached hydrogen (secondary N) is 2. The van der Waals surface area contributed by atoms with Crippen molar-refractivity contribution in [1.82, 2.24) is 24.8 Å². The number of fused-ring (bicyclic) bond motifs is 2. The Morgan fingerprint density at radius 3 is 2.60 bits per heavy atom. The summed E-state index contributed by atoms with van der Waals surface area (Å²) >= 11 is 0. The first-order valence-corrected chi connectivity index (χ1v) is 15.0. The van der Waals surface area contributed by atoms with E-state index >= 15 is 0 Å². The third kappa shape index (κ3) is 5.18. The molecule has 9 heteroatoms. The van der Waals surface area contributed by atoms with Gasteiger partial charge in [0.05, 0.1) is 17.6 Å². The van der Waals surface area contributed by atoms with Gasteiger partial charge >= 0.3 is 0 Å². The molecule has 3 aromatic heterocycles. The van der Waals surface area contributed by atoms with Gasteiger partial charge in [0.1, 0.15) is 11.5 Å². The lowest BCUT2D eigenvalue weighted by Gasteiger charge is -2.29. The van der Waals surface area contributed by atoms with E-state index in [4.69, 9.17) is 15.0 Å². The van der Waals surface area contributed by atoms with E-state index in [1.54, 1.807) is 6.07 Å². The molecule has 1 saturated heterocycles. The highest BCUT2D eigenvalue weighted by Gasteiger charge is 2.28. The van der Waals surface area contributed by atoms with Crippen molar-refractivity contribution in [1.29, 1.82) is 0 Å². The highest BCUT2D eigenvalue weighted by Crippen LogP contribution is 2.40. The van der Waals surface area contributed by atoms with Crippen molar-refractivity contribution >= 4 is 47.0 Å². The van der Waals surface area contributed by atoms with Gasteiger partial charge in [-0.05, 0) is 60.6 Å². The van der Waals surface area contributed by atoms with Gasteiger partial charge in [0.15, 0.2) is 0 Å². The molecule has 0 radical (unpaired) electrons. The lowest BCUT2D eigenvalue weighted by molar-refractivity contribution is 0.515. The minimum Gasteiger partial charge on any atom is -0.368 e. The summed E-state index contributed by atoms with van der Waals surface area (Å²) in [6.07, 6.45) is 11.6. The number of halogens is 1. The average molecular weight is 584 g/mol. The van der Waals surface area contributed by atoms with E-state index in [2.05, 4.69) is 58.9 Å². The SMILES string of the molecule is CCc1ccc2c(c1)C(c1nc(Nc3ccc(N4CCNCC4)cn3)nc3c1c(C)cc(=O)n3C1CCCC1)C=C2.Cl. The maximum absolute atomic E-state index is 13.5. The molecule has 4 heterocycles. The number of anilines is 3. The van der Waals surface area contributed by atoms with Crippen molar-refractivity contribution in [3.05, 3.63) is 87.0 Å². The summed E-state index contributed by atoms with van der Waals surface area (Å²) in [6, 6.07) is 12.7. The van der Waals surface area contributed by atoms with Gasteiger partial charge in [-0.15, -0.1) is 12.4 Å². The third-order valence-corrected chi connectivity index (χ3v) is 8.93. The molecule has 2 N–H and O–H groups in total. The van der Waals surface area contributed by atoms with Gasteiger partial charge in [0, 0.05) is 49.6 Å². The van der Waals surface area contributed by atoms with E-state index in [0.717, 1.165) is 86.3 Å². The number of aromatic nitrogens is 4. The number of allylic oxidation sites excluding steroid dienone is 1. The van der Waals surface area contributed by atoms with Crippen molar-refractivity contribution in [2.24, 2.45) is 0 Å². The topological polar surface area (TPSA) is 88.0 Å². The minimum absolute atomic E-state index is 0. The molecule has 0 bridgehead atoms. The van der Waals surface area contributed by atoms with Crippen LogP contribution in [0, 0.1) is 6.92 Å². The third-order valence-electron chi connectivity index (χ3n) is 8.93. The molecular weight excluding hydrogens is 546 g/mol. The average Bonchev–Trinajstić information content (AvgIpc) is 3.68. The van der Waals surface area contributed by atoms with Crippen LogP contribution in [0.5, 0.6) is 0 Å². The molecule has 0 amide bonds. The lowest BCUT2D eigenvalue weighted by atomic mass is 9.92. The maximum Gasteiger partial charge on any atom is 0.252 e. The van der Waals surface area contributed by atoms with Gasteiger partial charge in [0.25, 0.3) is 5.56 Å². The first-order valence-electron chi connectivity index (χ1n) is 15.0. The molecule has 0 spiro atoms. The quantitative estimate of drug-likeness (QED) is 0.292. The van der Waals surface area contributed by atoms with Gasteiger partial charge < -0.3 is 15.5 Å². The molecule has 218 valence electrons. The predicted molar refractivity (Wildman–Crippen MR) is 173 cm³/mol. The van der Waals surface area contributed by atoms with Crippen molar-refractivity contribution in [3.63, 3.8) is 0 Å². The molecule has 1 aliphatic heterocycles. The van der Waals surface area contributed by atoms with E-state index in [-0.39, 0.29) is 29.9 Å². The molecule has 7 rings (SSSR count). The standard InChI is InChI=1S/C33H37N7O.ClH/c1-3-22-8-9-23-10-12-26(27(23)19-22)31-30-21(2)18-29(41)40(24-6-4-5-7-24)32(30)38-33(37-31)36-28-13-11-25(20-35-28)39-16-14-34-15-17-39;/h8-13,18-20,24,26,34H,3-7,14-17H2,1-2H3,(H,35,36,37,38);1H. The second-order valence-electron chi connectivity index (χ2n) is 11.5. The molecule has 2 fully saturated rings. The molecule has 8 nitrogen and oxygen atoms in total. The van der Waals surface area contributed by atoms with Crippen LogP contribution in [0.4, 0.5) is 17.5 Å². The fraction of sp³-hybridized carbons (Fsp3) is 0.394. The van der Waals surface area contributed by atoms with Gasteiger partial charge in [-0.1, -0.05) is 50.1 Å². The fourth-order valence-corrected chi connectivity index (χ4v) is 6.74. The van der Waals surface area contributed by atoms with Crippen molar-refractivity contribution < 1.29 is 0 Å². The Morgan fingerprint density at radius 2 is 1.86 bits per heavy atom. The number of aryl methyl sites for hydroxylation is 2. The molecule has 4 aromatic rings. The number of benzene rings is 1. The van der Waals surface area contributed by atoms with Crippen LogP contribution in [0.1, 0.15) is 72.5 Å². The van der Waals surface area contributed by atoms with Crippen LogP contribution >= 0.6 is 12.4 Å². The molecule has 1 unspecified atom stereocenters. The van der Waals surface area contributed by atoms with E-state index in [1.165, 1.54) is 16.7 Å². The predicted octanol–water partition coefficient (Wildman–Crippen LogP) is 5.91. The van der Waals surface area contributed by atoms with Crippen molar-refractivity contribution in [2.45, 2.75) is 57.9 Å². The summed E-state index contributed by atoms with van der Waals surface area (Å²) in [5.74, 6) is 1.14. The molecule has 1 aromatic carbocycles. The Balaban J connectivity index is 0.00000316. The van der Waals surface area contributed by atoms with E-state index < -0.39 is 0 Å². The number of hydrogen-bond donors (Lipinski definition) is 2. The Bertz CT molecular complexity index is 1690. The summed E-state index contributed by atoms with van der Waals surface area (Å²) in [5, 5.41) is 7.77. The fourth-order valence-electron chi connectivity index (χ4n) is 6.74. The summed E-state index contributed by atoms with van der Waals surface area (Å²) in [5.41, 5.74) is 7.50. The Kier molecular flexibility index (Phi) is 8.01. The normalized spacial score (nSPS) is 18.3. The second-order valence-corrected chi connectivity index (χ2v) is 11.5. The van der Waals surface area contributed by atoms with Crippen LogP contribution in [0.25, 0.3) is 17.1 Å². The number of rotatable bonds is 6. The minimum atomic E-state index is -0.0150. The van der Waals surface area contributed by atoms with Crippen LogP contribution in [0.3, 0.4) is 0 Å². The van der Waals surface area contributed by atoms with E-state index in [0.29, 0.717) is 11.8 Å². The van der Waals surface area contributed by atoms with Gasteiger partial charge in [-0.2, -0.15) is 4.98 Å². The first-order chi connectivity index (χ1) is 20.1. The monoisotopic (exact) mass is 583 g/mol. The summed E-state index contributed by atoms with van der Waals surface area (Å²) in [4.78, 5) is 30.7. The number of piperazine rings is 1. The lowest BCUT2D eigenvalue weighted by Crippen LogP contribution is -2.43. The van der Waals surface area contributed by atoms with Gasteiger partial charge in [0.2, 0.25) is 5.95 Å². The zero-order valence-electron chi connectivity index (χ0n) is 24.3. The maximum atomic E-state index is 13.5. The van der Waals surface area contributed by atoms with Crippen LogP contribution in [0.15, 0.2) is 53.5 Å². The summed E-state index contributed by atoms with van der Waals surface area (Å²) in [6.45, 7) is 8.11. The van der Waals surface area contributed by atoms with Gasteiger partial charge in [-0.25, -0.2) is 9.97 Å². The highest BCUT2D eigenvalue weighted by atomic mass is 35.5. The molecule has 42 heavy (non-hydrogen) atoms. The van der Waals surface area contributed by atoms with Crippen LogP contribution in [-0.2, 0) is 6.42 Å². The molecule has 1 saturated carbocycles. The van der Waals surface area contributed by atoms with E-state index in [9.17, 15) is 4.79 Å². The summed E-state index contributed by atoms with van der Waals surface area (Å²) in [7, 11) is 0. The molecular formula is C33H38ClN7O. The largest absolute Gasteiger partial charge is 0.368 e. The second kappa shape index (κ2) is 11.9. The molecule has 2 aliphatic carbocycles. The number of hydrogen-bond acceptors (Lipinski definition) is 7. The smallest absolute Gasteiger partial charge is 0.252 e.